The lowest BCUT2D eigenvalue weighted by atomic mass is 10.2. The molecule has 1 atom stereocenters. The monoisotopic (exact) mass is 210 g/mol. The molecular formula is C8H10N4OS. The van der Waals surface area contributed by atoms with Crippen LogP contribution in [-0.2, 0) is 7.05 Å². The number of nitrogens with one attached hydrogen (secondary N) is 2. The van der Waals surface area contributed by atoms with Crippen LogP contribution in [0.2, 0.25) is 0 Å². The second-order valence-corrected chi connectivity index (χ2v) is 3.37. The van der Waals surface area contributed by atoms with Gasteiger partial charge < -0.3 is 15.0 Å². The zero-order valence-corrected chi connectivity index (χ0v) is 8.38. The molecule has 14 heavy (non-hydrogen) atoms. The number of rotatable bonds is 1. The normalized spacial score (nSPS) is 20.4. The first kappa shape index (κ1) is 9.17. The van der Waals surface area contributed by atoms with Gasteiger partial charge in [-0.3, -0.25) is 5.10 Å². The van der Waals surface area contributed by atoms with Crippen molar-refractivity contribution in [2.45, 2.75) is 6.23 Å². The van der Waals surface area contributed by atoms with E-state index in [0.29, 0.717) is 4.77 Å². The van der Waals surface area contributed by atoms with Crippen LogP contribution in [0.1, 0.15) is 5.82 Å². The highest BCUT2D eigenvalue weighted by atomic mass is 32.1. The van der Waals surface area contributed by atoms with Crippen molar-refractivity contribution in [2.75, 3.05) is 0 Å². The van der Waals surface area contributed by atoms with Gasteiger partial charge >= 0.3 is 0 Å². The topological polar surface area (TPSA) is 65.9 Å². The highest BCUT2D eigenvalue weighted by Crippen LogP contribution is 2.14. The van der Waals surface area contributed by atoms with Crippen LogP contribution >= 0.6 is 12.2 Å². The zero-order chi connectivity index (χ0) is 10.1. The Morgan fingerprint density at radius 2 is 2.43 bits per heavy atom. The van der Waals surface area contributed by atoms with E-state index in [2.05, 4.69) is 15.5 Å². The Kier molecular flexibility index (Phi) is 2.22. The summed E-state index contributed by atoms with van der Waals surface area (Å²) >= 11 is 4.99. The Balaban J connectivity index is 2.38. The van der Waals surface area contributed by atoms with Gasteiger partial charge in [0.2, 0.25) is 0 Å². The molecule has 6 heteroatoms. The number of dihydropyridines is 1. The van der Waals surface area contributed by atoms with Crippen LogP contribution in [0.4, 0.5) is 0 Å². The molecule has 74 valence electrons. The van der Waals surface area contributed by atoms with Crippen LogP contribution in [-0.4, -0.2) is 26.1 Å². The first-order chi connectivity index (χ1) is 6.68. The van der Waals surface area contributed by atoms with Crippen LogP contribution in [0, 0.1) is 4.77 Å². The maximum absolute atomic E-state index is 9.15. The van der Waals surface area contributed by atoms with E-state index in [4.69, 9.17) is 17.3 Å². The van der Waals surface area contributed by atoms with Crippen molar-refractivity contribution >= 4 is 17.8 Å². The third-order valence-corrected chi connectivity index (χ3v) is 2.37. The number of aliphatic hydroxyl groups is 1. The van der Waals surface area contributed by atoms with Crippen molar-refractivity contribution in [3.63, 3.8) is 0 Å². The number of aromatic nitrogens is 3. The molecule has 1 aliphatic rings. The zero-order valence-electron chi connectivity index (χ0n) is 7.56. The van der Waals surface area contributed by atoms with Gasteiger partial charge in [-0.1, -0.05) is 0 Å². The highest BCUT2D eigenvalue weighted by Gasteiger charge is 2.10. The molecule has 0 amide bonds. The molecule has 3 N–H and O–H groups in total. The van der Waals surface area contributed by atoms with E-state index in [9.17, 15) is 0 Å². The third kappa shape index (κ3) is 1.49. The van der Waals surface area contributed by atoms with E-state index in [1.165, 1.54) is 0 Å². The molecule has 0 radical (unpaired) electrons. The molecule has 2 heterocycles. The summed E-state index contributed by atoms with van der Waals surface area (Å²) in [7, 11) is 1.83. The van der Waals surface area contributed by atoms with E-state index >= 15 is 0 Å². The number of aromatic amines is 1. The number of allylic oxidation sites excluding steroid dienone is 2. The molecule has 0 fully saturated rings. The molecule has 0 saturated carbocycles. The Morgan fingerprint density at radius 3 is 2.93 bits per heavy atom. The van der Waals surface area contributed by atoms with Gasteiger partial charge in [-0.15, -0.1) is 0 Å². The summed E-state index contributed by atoms with van der Waals surface area (Å²) in [6.45, 7) is 0. The smallest absolute Gasteiger partial charge is 0.195 e. The summed E-state index contributed by atoms with van der Waals surface area (Å²) in [4.78, 5) is 0. The minimum absolute atomic E-state index is 0.570. The Morgan fingerprint density at radius 1 is 1.64 bits per heavy atom. The maximum atomic E-state index is 9.15. The van der Waals surface area contributed by atoms with Gasteiger partial charge in [-0.2, -0.15) is 5.10 Å². The van der Waals surface area contributed by atoms with E-state index in [-0.39, 0.29) is 0 Å². The first-order valence-electron chi connectivity index (χ1n) is 4.13. The number of H-pyrrole nitrogens is 1. The third-order valence-electron chi connectivity index (χ3n) is 2.01. The lowest BCUT2D eigenvalue weighted by Crippen LogP contribution is -2.23. The molecule has 5 nitrogen and oxygen atoms in total. The molecular weight excluding hydrogens is 200 g/mol. The predicted molar refractivity (Wildman–Crippen MR) is 54.7 cm³/mol. The Hall–Kier alpha value is -1.40. The summed E-state index contributed by atoms with van der Waals surface area (Å²) in [6.07, 6.45) is 4.53. The molecule has 0 aliphatic carbocycles. The second kappa shape index (κ2) is 3.39. The molecule has 0 spiro atoms. The summed E-state index contributed by atoms with van der Waals surface area (Å²) in [5.74, 6) is 0.741. The molecule has 1 aromatic heterocycles. The van der Waals surface area contributed by atoms with Gasteiger partial charge in [-0.25, -0.2) is 0 Å². The largest absolute Gasteiger partial charge is 0.370 e. The van der Waals surface area contributed by atoms with Gasteiger partial charge in [-0.05, 0) is 24.4 Å². The van der Waals surface area contributed by atoms with Crippen molar-refractivity contribution in [1.29, 1.82) is 0 Å². The fourth-order valence-electron chi connectivity index (χ4n) is 1.22. The lowest BCUT2D eigenvalue weighted by Gasteiger charge is -2.12. The second-order valence-electron chi connectivity index (χ2n) is 2.98. The Bertz CT molecular complexity index is 456. The molecule has 0 saturated heterocycles. The van der Waals surface area contributed by atoms with E-state index in [1.54, 1.807) is 22.9 Å². The fraction of sp³-hybridized carbons (Fsp3) is 0.250. The van der Waals surface area contributed by atoms with Crippen LogP contribution in [0.3, 0.4) is 0 Å². The van der Waals surface area contributed by atoms with Crippen LogP contribution in [0.25, 0.3) is 5.57 Å². The minimum atomic E-state index is -0.619. The number of nitrogens with zero attached hydrogens (tertiary/aromatic N) is 2. The molecule has 2 rings (SSSR count). The summed E-state index contributed by atoms with van der Waals surface area (Å²) in [5.41, 5.74) is 0.880. The maximum Gasteiger partial charge on any atom is 0.195 e. The van der Waals surface area contributed by atoms with Crippen molar-refractivity contribution in [3.8, 4) is 0 Å². The van der Waals surface area contributed by atoms with Crippen LogP contribution < -0.4 is 5.32 Å². The summed E-state index contributed by atoms with van der Waals surface area (Å²) in [6, 6.07) is 0. The van der Waals surface area contributed by atoms with Gasteiger partial charge in [0.05, 0.1) is 0 Å². The molecule has 0 bridgehead atoms. The van der Waals surface area contributed by atoms with Crippen molar-refractivity contribution < 1.29 is 5.11 Å². The van der Waals surface area contributed by atoms with Crippen molar-refractivity contribution in [3.05, 3.63) is 28.9 Å². The number of hydrogen-bond donors (Lipinski definition) is 3. The summed E-state index contributed by atoms with van der Waals surface area (Å²) in [5, 5.41) is 18.7. The van der Waals surface area contributed by atoms with E-state index in [1.807, 2.05) is 7.05 Å². The average molecular weight is 210 g/mol. The van der Waals surface area contributed by atoms with Gasteiger partial charge in [0.1, 0.15) is 6.23 Å². The van der Waals surface area contributed by atoms with Gasteiger partial charge in [0.15, 0.2) is 10.6 Å². The first-order valence-corrected chi connectivity index (χ1v) is 4.53. The van der Waals surface area contributed by atoms with E-state index in [0.717, 1.165) is 11.4 Å². The van der Waals surface area contributed by atoms with E-state index < -0.39 is 6.23 Å². The van der Waals surface area contributed by atoms with Gasteiger partial charge in [0, 0.05) is 18.8 Å². The molecule has 1 aromatic rings. The van der Waals surface area contributed by atoms with Crippen LogP contribution in [0.5, 0.6) is 0 Å². The van der Waals surface area contributed by atoms with Crippen molar-refractivity contribution in [2.24, 2.45) is 7.05 Å². The number of aliphatic hydroxyl groups excluding tert-OH is 1. The quantitative estimate of drug-likeness (QED) is 0.583. The van der Waals surface area contributed by atoms with Crippen LogP contribution in [0.15, 0.2) is 18.4 Å². The lowest BCUT2D eigenvalue weighted by molar-refractivity contribution is 0.201. The fourth-order valence-corrected chi connectivity index (χ4v) is 1.35. The SMILES string of the molecule is Cn1c(C2=CNC(O)C=C2)n[nH]c1=S. The van der Waals surface area contributed by atoms with Gasteiger partial charge in [0.25, 0.3) is 0 Å². The molecule has 0 aromatic carbocycles. The summed E-state index contributed by atoms with van der Waals surface area (Å²) < 4.78 is 2.34. The standard InChI is InChI=1S/C8H10N4OS/c1-12-7(10-11-8(12)14)5-2-3-6(13)9-4-5/h2-4,6,9,13H,1H3,(H,11,14). The molecule has 1 aliphatic heterocycles. The average Bonchev–Trinajstić information content (AvgIpc) is 2.50. The van der Waals surface area contributed by atoms with Crippen molar-refractivity contribution in [1.82, 2.24) is 20.1 Å². The Labute approximate surface area is 85.8 Å². The molecule has 1 unspecified atom stereocenters. The number of hydrogen-bond acceptors (Lipinski definition) is 4. The predicted octanol–water partition coefficient (Wildman–Crippen LogP) is 0.296. The minimum Gasteiger partial charge on any atom is -0.370 e. The highest BCUT2D eigenvalue weighted by molar-refractivity contribution is 7.71.